The van der Waals surface area contributed by atoms with E-state index in [0.717, 1.165) is 38.5 Å². The van der Waals surface area contributed by atoms with Gasteiger partial charge in [-0.15, -0.1) is 0 Å². The summed E-state index contributed by atoms with van der Waals surface area (Å²) in [6, 6.07) is 4.48. The lowest BCUT2D eigenvalue weighted by atomic mass is 10.1. The molecule has 0 aromatic heterocycles. The normalized spacial score (nSPS) is 15.3. The molecule has 8 nitrogen and oxygen atoms in total. The largest absolute Gasteiger partial charge is 0.495 e. The molecule has 0 saturated carbocycles. The average molecular weight is 441 g/mol. The van der Waals surface area contributed by atoms with Gasteiger partial charge in [0.25, 0.3) is 5.91 Å². The zero-order chi connectivity index (χ0) is 22.0. The number of amides is 1. The first kappa shape index (κ1) is 24.1. The molecule has 9 heteroatoms. The Balaban J connectivity index is 2.02. The van der Waals surface area contributed by atoms with E-state index in [1.165, 1.54) is 30.7 Å². The number of sulfonamides is 1. The number of carbonyl (C=O) groups excluding carboxylic acids is 2. The number of nitrogens with one attached hydrogen (secondary N) is 1. The van der Waals surface area contributed by atoms with Crippen molar-refractivity contribution >= 4 is 21.9 Å². The van der Waals surface area contributed by atoms with Crippen LogP contribution in [0.25, 0.3) is 0 Å². The molecule has 1 aromatic carbocycles. The van der Waals surface area contributed by atoms with Crippen LogP contribution in [0, 0.1) is 0 Å². The van der Waals surface area contributed by atoms with Crippen LogP contribution in [-0.2, 0) is 19.6 Å². The molecule has 1 N–H and O–H groups in total. The maximum Gasteiger partial charge on any atom is 0.305 e. The van der Waals surface area contributed by atoms with E-state index in [1.807, 2.05) is 0 Å². The minimum Gasteiger partial charge on any atom is -0.495 e. The number of benzene rings is 1. The molecule has 1 saturated heterocycles. The molecule has 1 amide bonds. The summed E-state index contributed by atoms with van der Waals surface area (Å²) in [6.45, 7) is 1.40. The van der Waals surface area contributed by atoms with Gasteiger partial charge in [0.15, 0.2) is 0 Å². The summed E-state index contributed by atoms with van der Waals surface area (Å²) in [4.78, 5) is 23.6. The second kappa shape index (κ2) is 11.9. The van der Waals surface area contributed by atoms with Gasteiger partial charge in [-0.1, -0.05) is 19.3 Å². The van der Waals surface area contributed by atoms with E-state index in [-0.39, 0.29) is 28.1 Å². The average Bonchev–Trinajstić information content (AvgIpc) is 3.05. The van der Waals surface area contributed by atoms with Crippen LogP contribution >= 0.6 is 0 Å². The quantitative estimate of drug-likeness (QED) is 0.443. The van der Waals surface area contributed by atoms with Crippen LogP contribution in [0.3, 0.4) is 0 Å². The third-order valence-corrected chi connectivity index (χ3v) is 7.10. The summed E-state index contributed by atoms with van der Waals surface area (Å²) in [5, 5.41) is 2.80. The summed E-state index contributed by atoms with van der Waals surface area (Å²) in [5.74, 6) is -0.341. The van der Waals surface area contributed by atoms with Crippen molar-refractivity contribution < 1.29 is 27.5 Å². The molecule has 30 heavy (non-hydrogen) atoms. The van der Waals surface area contributed by atoms with Crippen LogP contribution in [0.5, 0.6) is 5.75 Å². The number of hydrogen-bond acceptors (Lipinski definition) is 6. The van der Waals surface area contributed by atoms with Crippen LogP contribution in [0.2, 0.25) is 0 Å². The number of unbranched alkanes of at least 4 members (excludes halogenated alkanes) is 2. The molecule has 2 rings (SSSR count). The van der Waals surface area contributed by atoms with Gasteiger partial charge < -0.3 is 14.8 Å². The lowest BCUT2D eigenvalue weighted by molar-refractivity contribution is -0.140. The summed E-state index contributed by atoms with van der Waals surface area (Å²) >= 11 is 0. The van der Waals surface area contributed by atoms with E-state index in [0.29, 0.717) is 32.5 Å². The Kier molecular flexibility index (Phi) is 9.58. The van der Waals surface area contributed by atoms with Gasteiger partial charge in [-0.05, 0) is 43.9 Å². The molecule has 1 heterocycles. The van der Waals surface area contributed by atoms with E-state index >= 15 is 0 Å². The number of methoxy groups -OCH3 is 2. The van der Waals surface area contributed by atoms with Crippen LogP contribution in [0.4, 0.5) is 0 Å². The van der Waals surface area contributed by atoms with Gasteiger partial charge in [-0.3, -0.25) is 9.59 Å². The van der Waals surface area contributed by atoms with Crippen molar-refractivity contribution in [3.63, 3.8) is 0 Å². The monoisotopic (exact) mass is 440 g/mol. The second-order valence-corrected chi connectivity index (χ2v) is 9.23. The Labute approximate surface area is 179 Å². The predicted molar refractivity (Wildman–Crippen MR) is 113 cm³/mol. The van der Waals surface area contributed by atoms with Gasteiger partial charge >= 0.3 is 5.97 Å². The van der Waals surface area contributed by atoms with Crippen molar-refractivity contribution in [3.8, 4) is 5.75 Å². The molecular formula is C21H32N2O6S. The third kappa shape index (κ3) is 6.70. The highest BCUT2D eigenvalue weighted by molar-refractivity contribution is 7.89. The first-order valence-corrected chi connectivity index (χ1v) is 11.9. The first-order chi connectivity index (χ1) is 14.4. The Morgan fingerprint density at radius 2 is 1.73 bits per heavy atom. The summed E-state index contributed by atoms with van der Waals surface area (Å²) in [6.07, 6.45) is 6.26. The Bertz CT molecular complexity index is 817. The zero-order valence-electron chi connectivity index (χ0n) is 17.8. The maximum atomic E-state index is 13.2. The van der Waals surface area contributed by atoms with E-state index in [4.69, 9.17) is 4.74 Å². The van der Waals surface area contributed by atoms with Gasteiger partial charge in [0.2, 0.25) is 10.0 Å². The number of rotatable bonds is 10. The molecular weight excluding hydrogens is 408 g/mol. The molecule has 0 unspecified atom stereocenters. The number of esters is 1. The van der Waals surface area contributed by atoms with E-state index in [1.54, 1.807) is 6.07 Å². The van der Waals surface area contributed by atoms with Gasteiger partial charge in [0, 0.05) is 31.6 Å². The summed E-state index contributed by atoms with van der Waals surface area (Å²) in [7, 11) is -0.962. The Morgan fingerprint density at radius 1 is 1.03 bits per heavy atom. The summed E-state index contributed by atoms with van der Waals surface area (Å²) < 4.78 is 37.7. The van der Waals surface area contributed by atoms with Gasteiger partial charge in [0.1, 0.15) is 10.6 Å². The Morgan fingerprint density at radius 3 is 2.37 bits per heavy atom. The van der Waals surface area contributed by atoms with Crippen LogP contribution < -0.4 is 10.1 Å². The third-order valence-electron chi connectivity index (χ3n) is 5.18. The van der Waals surface area contributed by atoms with Gasteiger partial charge in [0.05, 0.1) is 14.2 Å². The standard InChI is InChI=1S/C21H32N2O6S/c1-28-18-12-11-17(21(25)22-13-7-5-6-10-20(24)29-2)16-19(18)30(26,27)23-14-8-3-4-9-15-23/h11-12,16H,3-10,13-15H2,1-2H3,(H,22,25). The predicted octanol–water partition coefficient (Wildman–Crippen LogP) is 2.72. The molecule has 1 aliphatic rings. The van der Waals surface area contributed by atoms with E-state index in [9.17, 15) is 18.0 Å². The fourth-order valence-corrected chi connectivity index (χ4v) is 5.12. The number of carbonyl (C=O) groups is 2. The highest BCUT2D eigenvalue weighted by atomic mass is 32.2. The van der Waals surface area contributed by atoms with E-state index < -0.39 is 10.0 Å². The zero-order valence-corrected chi connectivity index (χ0v) is 18.6. The number of nitrogens with zero attached hydrogens (tertiary/aromatic N) is 1. The van der Waals surface area contributed by atoms with Gasteiger partial charge in [-0.25, -0.2) is 8.42 Å². The molecule has 1 aromatic rings. The highest BCUT2D eigenvalue weighted by Gasteiger charge is 2.29. The fraction of sp³-hybridized carbons (Fsp3) is 0.619. The van der Waals surface area contributed by atoms with Crippen LogP contribution in [-0.4, -0.2) is 58.5 Å². The minimum absolute atomic E-state index is 0.0256. The lowest BCUT2D eigenvalue weighted by Gasteiger charge is -2.21. The minimum atomic E-state index is -3.74. The van der Waals surface area contributed by atoms with Crippen LogP contribution in [0.1, 0.15) is 61.7 Å². The molecule has 168 valence electrons. The highest BCUT2D eigenvalue weighted by Crippen LogP contribution is 2.29. The van der Waals surface area contributed by atoms with Crippen molar-refractivity contribution in [2.45, 2.75) is 56.3 Å². The molecule has 1 fully saturated rings. The molecule has 0 bridgehead atoms. The van der Waals surface area contributed by atoms with Crippen molar-refractivity contribution in [2.75, 3.05) is 33.9 Å². The van der Waals surface area contributed by atoms with E-state index in [2.05, 4.69) is 10.1 Å². The maximum absolute atomic E-state index is 13.2. The van der Waals surface area contributed by atoms with Crippen LogP contribution in [0.15, 0.2) is 23.1 Å². The smallest absolute Gasteiger partial charge is 0.305 e. The topological polar surface area (TPSA) is 102 Å². The first-order valence-electron chi connectivity index (χ1n) is 10.4. The van der Waals surface area contributed by atoms with Crippen molar-refractivity contribution in [2.24, 2.45) is 0 Å². The van der Waals surface area contributed by atoms with Crippen molar-refractivity contribution in [1.82, 2.24) is 9.62 Å². The molecule has 0 radical (unpaired) electrons. The van der Waals surface area contributed by atoms with Gasteiger partial charge in [-0.2, -0.15) is 4.31 Å². The molecule has 0 aliphatic carbocycles. The molecule has 0 spiro atoms. The van der Waals surface area contributed by atoms with Crippen molar-refractivity contribution in [3.05, 3.63) is 23.8 Å². The van der Waals surface area contributed by atoms with Crippen molar-refractivity contribution in [1.29, 1.82) is 0 Å². The molecule has 0 atom stereocenters. The SMILES string of the molecule is COC(=O)CCCCCNC(=O)c1ccc(OC)c(S(=O)(=O)N2CCCCCC2)c1. The summed E-state index contributed by atoms with van der Waals surface area (Å²) in [5.41, 5.74) is 0.277. The number of ether oxygens (including phenoxy) is 2. The Hall–Kier alpha value is -2.13. The molecule has 1 aliphatic heterocycles. The lowest BCUT2D eigenvalue weighted by Crippen LogP contribution is -2.32. The number of hydrogen-bond donors (Lipinski definition) is 1. The second-order valence-electron chi connectivity index (χ2n) is 7.33. The fourth-order valence-electron chi connectivity index (χ4n) is 3.42.